The molecule has 2 fully saturated rings. The number of amides is 10. The van der Waals surface area contributed by atoms with E-state index in [9.17, 15) is 43.2 Å². The number of nitrogens with two attached hydrogens (primary N) is 3. The number of H-pyrrole nitrogens is 2. The highest BCUT2D eigenvalue weighted by atomic mass is 16.2. The van der Waals surface area contributed by atoms with E-state index in [-0.39, 0.29) is 64.0 Å². The number of fused-ring (bicyclic) bond motifs is 3. The number of para-hydroxylation sites is 1. The molecule has 0 saturated carbocycles. The predicted molar refractivity (Wildman–Crippen MR) is 258 cm³/mol. The third-order valence-corrected chi connectivity index (χ3v) is 12.2. The van der Waals surface area contributed by atoms with E-state index in [4.69, 9.17) is 17.2 Å². The molecule has 0 spiro atoms. The van der Waals surface area contributed by atoms with E-state index in [1.54, 1.807) is 36.5 Å². The van der Waals surface area contributed by atoms with Gasteiger partial charge in [-0.05, 0) is 56.2 Å². The van der Waals surface area contributed by atoms with Gasteiger partial charge < -0.3 is 64.4 Å². The van der Waals surface area contributed by atoms with Gasteiger partial charge in [-0.1, -0.05) is 48.5 Å². The van der Waals surface area contributed by atoms with E-state index in [1.807, 2.05) is 24.3 Å². The van der Waals surface area contributed by atoms with Crippen LogP contribution < -0.4 is 54.4 Å². The summed E-state index contributed by atoms with van der Waals surface area (Å²) in [6, 6.07) is 5.66. The number of primary amides is 1. The number of aromatic amines is 2. The molecule has 24 nitrogen and oxygen atoms in total. The highest BCUT2D eigenvalue weighted by Gasteiger charge is 2.44. The summed E-state index contributed by atoms with van der Waals surface area (Å²) in [5, 5.41) is 19.5. The molecular formula is C47H61N15O9. The molecule has 6 rings (SSSR count). The van der Waals surface area contributed by atoms with Crippen LogP contribution in [0.5, 0.6) is 0 Å². The Morgan fingerprint density at radius 2 is 1.39 bits per heavy atom. The molecule has 15 N–H and O–H groups in total. The highest BCUT2D eigenvalue weighted by molar-refractivity contribution is 6.09. The van der Waals surface area contributed by atoms with E-state index in [0.29, 0.717) is 34.6 Å². The van der Waals surface area contributed by atoms with Crippen LogP contribution in [0.25, 0.3) is 10.9 Å². The molecule has 10 amide bonds. The molecule has 1 unspecified atom stereocenters. The summed E-state index contributed by atoms with van der Waals surface area (Å²) in [5.74, 6) is -6.22. The lowest BCUT2D eigenvalue weighted by Crippen LogP contribution is -2.60. The molecule has 2 aliphatic rings. The number of carbonyl (C=O) groups is 9. The third kappa shape index (κ3) is 14.4. The first-order valence-electron chi connectivity index (χ1n) is 23.4. The number of benzene rings is 2. The molecule has 2 aliphatic heterocycles. The van der Waals surface area contributed by atoms with Crippen LogP contribution in [0.2, 0.25) is 0 Å². The van der Waals surface area contributed by atoms with Crippen molar-refractivity contribution in [1.29, 1.82) is 0 Å². The Kier molecular flexibility index (Phi) is 18.3. The number of carbonyl (C=O) groups excluding carboxylic acids is 9. The second-order valence-corrected chi connectivity index (χ2v) is 17.4. The van der Waals surface area contributed by atoms with Crippen molar-refractivity contribution in [3.05, 3.63) is 90.1 Å². The van der Waals surface area contributed by atoms with Crippen LogP contribution in [0, 0.1) is 0 Å². The molecule has 2 saturated heterocycles. The minimum Gasteiger partial charge on any atom is -0.386 e. The van der Waals surface area contributed by atoms with Gasteiger partial charge in [-0.15, -0.1) is 0 Å². The van der Waals surface area contributed by atoms with E-state index < -0.39 is 102 Å². The second kappa shape index (κ2) is 24.9. The number of hydrogen-bond donors (Lipinski definition) is 12. The fourth-order valence-electron chi connectivity index (χ4n) is 8.26. The van der Waals surface area contributed by atoms with Crippen molar-refractivity contribution < 1.29 is 43.2 Å². The number of aliphatic imine (C=N–C) groups is 1. The number of nitrogens with one attached hydrogen (secondary N) is 9. The van der Waals surface area contributed by atoms with Gasteiger partial charge in [0.25, 0.3) is 5.91 Å². The van der Waals surface area contributed by atoms with Gasteiger partial charge in [-0.25, -0.2) is 9.78 Å². The SMILES string of the molecule is C[C@@H]1C(=O)N[C@@H](Cc2cnc[nH]2)C(=O)N[C@H](Cc2ccccc2)C(=O)N[C@@H](CCCN=C(N)CN)C(=O)N[C@@H](Cc2c[nH]c3ccccc23)C(=O)NC(C(N)=O)CCCCNC(=O)C[C@@H]2NC(=O)N1C2=O. The van der Waals surface area contributed by atoms with Gasteiger partial charge in [-0.3, -0.25) is 48.2 Å². The van der Waals surface area contributed by atoms with Crippen LogP contribution in [-0.2, 0) is 57.6 Å². The quantitative estimate of drug-likeness (QED) is 0.0315. The van der Waals surface area contributed by atoms with Crippen molar-refractivity contribution in [3.63, 3.8) is 0 Å². The number of rotatable bonds is 12. The summed E-state index contributed by atoms with van der Waals surface area (Å²) >= 11 is 0. The fraction of sp³-hybridized carbons (Fsp3) is 0.426. The van der Waals surface area contributed by atoms with Gasteiger partial charge in [0, 0.05) is 61.3 Å². The molecule has 0 aliphatic carbocycles. The average Bonchev–Trinajstić information content (AvgIpc) is 4.09. The zero-order chi connectivity index (χ0) is 51.0. The molecule has 2 aromatic carbocycles. The van der Waals surface area contributed by atoms with Gasteiger partial charge in [0.15, 0.2) is 0 Å². The molecule has 7 atom stereocenters. The van der Waals surface area contributed by atoms with Crippen molar-refractivity contribution in [2.75, 3.05) is 19.6 Å². The van der Waals surface area contributed by atoms with E-state index in [1.165, 1.54) is 19.4 Å². The monoisotopic (exact) mass is 979 g/mol. The number of hydrogen-bond acceptors (Lipinski definition) is 12. The lowest BCUT2D eigenvalue weighted by Gasteiger charge is -2.28. The lowest BCUT2D eigenvalue weighted by atomic mass is 10.0. The van der Waals surface area contributed by atoms with Crippen LogP contribution in [0.3, 0.4) is 0 Å². The summed E-state index contributed by atoms with van der Waals surface area (Å²) in [7, 11) is 0. The molecule has 2 aromatic heterocycles. The highest BCUT2D eigenvalue weighted by Crippen LogP contribution is 2.20. The van der Waals surface area contributed by atoms with E-state index in [0.717, 1.165) is 10.9 Å². The van der Waals surface area contributed by atoms with Crippen molar-refractivity contribution in [2.24, 2.45) is 22.2 Å². The number of nitrogens with zero attached hydrogens (tertiary/aromatic N) is 3. The van der Waals surface area contributed by atoms with Gasteiger partial charge in [0.2, 0.25) is 41.4 Å². The lowest BCUT2D eigenvalue weighted by molar-refractivity contribution is -0.138. The number of amidine groups is 1. The summed E-state index contributed by atoms with van der Waals surface area (Å²) in [4.78, 5) is 139. The first kappa shape index (κ1) is 52.2. The Morgan fingerprint density at radius 1 is 0.746 bits per heavy atom. The molecule has 24 heteroatoms. The predicted octanol–water partition coefficient (Wildman–Crippen LogP) is -2.08. The standard InChI is InChI=1S/C47H61N15O9/c1-26-41(65)58-36(20-29-24-51-25-55-29)45(69)59-34(18-27-10-3-2-4-11-27)43(67)57-33(15-9-17-52-38(49)22-48)42(66)60-35(19-28-23-54-31-13-6-5-12-30(28)31)44(68)56-32(40(50)64)14-7-8-16-53-39(63)21-37-46(70)62(26)47(71)61-37/h2-6,10-13,23-26,32-37,54H,7-9,14-22,48H2,1H3,(H2,49,52)(H2,50,64)(H,51,55)(H,53,63)(H,56,68)(H,57,67)(H,58,65)(H,59,69)(H,60,66)(H,61,71)/t26-,32?,33+,34-,35+,36+,37+/m1/s1. The topological polar surface area (TPSA) is 376 Å². The van der Waals surface area contributed by atoms with Gasteiger partial charge >= 0.3 is 6.03 Å². The van der Waals surface area contributed by atoms with Crippen LogP contribution in [0.1, 0.15) is 62.3 Å². The maximum Gasteiger partial charge on any atom is 0.325 e. The Morgan fingerprint density at radius 3 is 2.10 bits per heavy atom. The van der Waals surface area contributed by atoms with Crippen molar-refractivity contribution in [3.8, 4) is 0 Å². The average molecular weight is 980 g/mol. The fourth-order valence-corrected chi connectivity index (χ4v) is 8.26. The number of urea groups is 1. The smallest absolute Gasteiger partial charge is 0.325 e. The Bertz CT molecular complexity index is 2580. The van der Waals surface area contributed by atoms with E-state index >= 15 is 0 Å². The van der Waals surface area contributed by atoms with Crippen molar-refractivity contribution >= 4 is 70.0 Å². The first-order valence-corrected chi connectivity index (χ1v) is 23.4. The van der Waals surface area contributed by atoms with Crippen molar-refractivity contribution in [2.45, 2.75) is 107 Å². The zero-order valence-corrected chi connectivity index (χ0v) is 39.2. The van der Waals surface area contributed by atoms with Gasteiger partial charge in [-0.2, -0.15) is 0 Å². The van der Waals surface area contributed by atoms with E-state index in [2.05, 4.69) is 57.2 Å². The largest absolute Gasteiger partial charge is 0.386 e. The molecule has 71 heavy (non-hydrogen) atoms. The third-order valence-electron chi connectivity index (χ3n) is 12.2. The molecular weight excluding hydrogens is 919 g/mol. The molecule has 0 radical (unpaired) electrons. The molecule has 2 bridgehead atoms. The number of aromatic nitrogens is 3. The number of imidazole rings is 1. The van der Waals surface area contributed by atoms with Gasteiger partial charge in [0.1, 0.15) is 48.1 Å². The molecule has 4 heterocycles. The first-order chi connectivity index (χ1) is 34.1. The minimum atomic E-state index is -1.46. The summed E-state index contributed by atoms with van der Waals surface area (Å²) < 4.78 is 0. The molecule has 378 valence electrons. The van der Waals surface area contributed by atoms with Crippen molar-refractivity contribution in [1.82, 2.24) is 57.1 Å². The summed E-state index contributed by atoms with van der Waals surface area (Å²) in [6.07, 6.45) is 4.53. The van der Waals surface area contributed by atoms with Crippen LogP contribution in [0.4, 0.5) is 4.79 Å². The van der Waals surface area contributed by atoms with Gasteiger partial charge in [0.05, 0.1) is 19.3 Å². The minimum absolute atomic E-state index is 0.0120. The van der Waals surface area contributed by atoms with Crippen LogP contribution in [0.15, 0.2) is 78.3 Å². The Balaban J connectivity index is 1.36. The summed E-state index contributed by atoms with van der Waals surface area (Å²) in [5.41, 5.74) is 19.7. The number of imide groups is 1. The Hall–Kier alpha value is -8.15. The maximum absolute atomic E-state index is 14.6. The second-order valence-electron chi connectivity index (χ2n) is 17.4. The summed E-state index contributed by atoms with van der Waals surface area (Å²) in [6.45, 7) is 1.49. The zero-order valence-electron chi connectivity index (χ0n) is 39.2. The maximum atomic E-state index is 14.6. The normalized spacial score (nSPS) is 24.0. The Labute approximate surface area is 408 Å². The molecule has 4 aromatic rings. The van der Waals surface area contributed by atoms with Crippen LogP contribution >= 0.6 is 0 Å². The van der Waals surface area contributed by atoms with Crippen LogP contribution in [-0.4, -0.2) is 141 Å².